The third-order valence-corrected chi connectivity index (χ3v) is 3.75. The van der Waals surface area contributed by atoms with Crippen molar-refractivity contribution in [2.75, 3.05) is 0 Å². The summed E-state index contributed by atoms with van der Waals surface area (Å²) in [5, 5.41) is 0.125. The van der Waals surface area contributed by atoms with Crippen LogP contribution >= 0.6 is 23.8 Å². The molecular formula is C11H10ClFN2S. The molecule has 1 heterocycles. The highest BCUT2D eigenvalue weighted by Crippen LogP contribution is 2.44. The zero-order valence-electron chi connectivity index (χ0n) is 8.63. The van der Waals surface area contributed by atoms with Gasteiger partial charge in [0, 0.05) is 12.1 Å². The molecule has 2 unspecified atom stereocenters. The first-order valence-corrected chi connectivity index (χ1v) is 5.96. The maximum atomic E-state index is 13.4. The Hall–Kier alpha value is -0.870. The van der Waals surface area contributed by atoms with Gasteiger partial charge in [-0.15, -0.1) is 0 Å². The molecule has 16 heavy (non-hydrogen) atoms. The molecule has 2 aromatic rings. The highest BCUT2D eigenvalue weighted by Gasteiger charge is 2.35. The van der Waals surface area contributed by atoms with E-state index in [1.165, 1.54) is 6.07 Å². The van der Waals surface area contributed by atoms with Crippen molar-refractivity contribution in [3.63, 3.8) is 0 Å². The summed E-state index contributed by atoms with van der Waals surface area (Å²) in [6.07, 6.45) is 1.10. The molecule has 1 aromatic carbocycles. The molecular weight excluding hydrogens is 247 g/mol. The molecule has 1 fully saturated rings. The molecule has 1 aliphatic carbocycles. The molecule has 0 aliphatic heterocycles. The topological polar surface area (TPSA) is 20.7 Å². The third-order valence-electron chi connectivity index (χ3n) is 3.16. The summed E-state index contributed by atoms with van der Waals surface area (Å²) in [5.41, 5.74) is 1.61. The largest absolute Gasteiger partial charge is 0.331 e. The van der Waals surface area contributed by atoms with E-state index in [-0.39, 0.29) is 5.02 Å². The summed E-state index contributed by atoms with van der Waals surface area (Å²) in [4.78, 5) is 3.06. The van der Waals surface area contributed by atoms with E-state index in [0.29, 0.717) is 16.7 Å². The fraction of sp³-hybridized carbons (Fsp3) is 0.364. The summed E-state index contributed by atoms with van der Waals surface area (Å²) >= 11 is 11.0. The standard InChI is InChI=1S/C11H10ClFN2S/c1-5-2-9(5)15-10-4-7(13)6(12)3-8(10)14-11(15)16/h3-5,9H,2H2,1H3,(H,14,16). The Labute approximate surface area is 102 Å². The van der Waals surface area contributed by atoms with Crippen molar-refractivity contribution in [1.29, 1.82) is 0 Å². The lowest BCUT2D eigenvalue weighted by atomic mass is 10.3. The van der Waals surface area contributed by atoms with Crippen molar-refractivity contribution >= 4 is 34.9 Å². The predicted octanol–water partition coefficient (Wildman–Crippen LogP) is 4.07. The molecule has 0 spiro atoms. The molecule has 0 saturated heterocycles. The minimum absolute atomic E-state index is 0.125. The molecule has 0 radical (unpaired) electrons. The number of imidazole rings is 1. The van der Waals surface area contributed by atoms with Crippen LogP contribution < -0.4 is 0 Å². The summed E-state index contributed by atoms with van der Waals surface area (Å²) in [5.74, 6) is 0.217. The lowest BCUT2D eigenvalue weighted by Gasteiger charge is -2.02. The number of aromatic amines is 1. The Kier molecular flexibility index (Phi) is 2.13. The van der Waals surface area contributed by atoms with Crippen molar-refractivity contribution in [3.05, 3.63) is 27.7 Å². The average molecular weight is 257 g/mol. The normalized spacial score (nSPS) is 23.9. The van der Waals surface area contributed by atoms with E-state index in [2.05, 4.69) is 11.9 Å². The van der Waals surface area contributed by atoms with Crippen LogP contribution in [0.15, 0.2) is 12.1 Å². The zero-order valence-corrected chi connectivity index (χ0v) is 10.2. The van der Waals surface area contributed by atoms with E-state index >= 15 is 0 Å². The average Bonchev–Trinajstić information content (AvgIpc) is 2.82. The number of benzene rings is 1. The van der Waals surface area contributed by atoms with Crippen molar-refractivity contribution < 1.29 is 4.39 Å². The van der Waals surface area contributed by atoms with Crippen LogP contribution in [0.1, 0.15) is 19.4 Å². The second kappa shape index (κ2) is 3.31. The van der Waals surface area contributed by atoms with Crippen LogP contribution in [0.3, 0.4) is 0 Å². The Morgan fingerprint density at radius 3 is 2.88 bits per heavy atom. The van der Waals surface area contributed by atoms with Crippen molar-refractivity contribution in [2.24, 2.45) is 5.92 Å². The van der Waals surface area contributed by atoms with Gasteiger partial charge in [0.25, 0.3) is 0 Å². The Morgan fingerprint density at radius 2 is 2.25 bits per heavy atom. The van der Waals surface area contributed by atoms with Gasteiger partial charge in [0.05, 0.1) is 16.1 Å². The van der Waals surface area contributed by atoms with Crippen LogP contribution in [0.25, 0.3) is 11.0 Å². The number of rotatable bonds is 1. The number of nitrogens with one attached hydrogen (secondary N) is 1. The Bertz CT molecular complexity index is 631. The van der Waals surface area contributed by atoms with Gasteiger partial charge >= 0.3 is 0 Å². The summed E-state index contributed by atoms with van der Waals surface area (Å²) in [7, 11) is 0. The van der Waals surface area contributed by atoms with Gasteiger partial charge in [0.15, 0.2) is 4.77 Å². The smallest absolute Gasteiger partial charge is 0.178 e. The molecule has 5 heteroatoms. The molecule has 0 amide bonds. The van der Waals surface area contributed by atoms with Crippen LogP contribution in [-0.4, -0.2) is 9.55 Å². The second-order valence-electron chi connectivity index (χ2n) is 4.36. The number of H-pyrrole nitrogens is 1. The number of hydrogen-bond donors (Lipinski definition) is 1. The molecule has 84 valence electrons. The van der Waals surface area contributed by atoms with Gasteiger partial charge < -0.3 is 9.55 Å². The highest BCUT2D eigenvalue weighted by atomic mass is 35.5. The first-order chi connectivity index (χ1) is 7.58. The number of hydrogen-bond acceptors (Lipinski definition) is 1. The van der Waals surface area contributed by atoms with E-state index in [4.69, 9.17) is 23.8 Å². The van der Waals surface area contributed by atoms with Gasteiger partial charge in [-0.05, 0) is 30.6 Å². The van der Waals surface area contributed by atoms with Crippen LogP contribution in [0.5, 0.6) is 0 Å². The van der Waals surface area contributed by atoms with E-state index in [9.17, 15) is 4.39 Å². The van der Waals surface area contributed by atoms with Crippen LogP contribution in [-0.2, 0) is 0 Å². The minimum atomic E-state index is -0.398. The monoisotopic (exact) mass is 256 g/mol. The number of halogens is 2. The first-order valence-electron chi connectivity index (χ1n) is 5.17. The van der Waals surface area contributed by atoms with Gasteiger partial charge in [-0.25, -0.2) is 4.39 Å². The minimum Gasteiger partial charge on any atom is -0.331 e. The van der Waals surface area contributed by atoms with Gasteiger partial charge in [0.2, 0.25) is 0 Å². The maximum absolute atomic E-state index is 13.4. The molecule has 1 saturated carbocycles. The SMILES string of the molecule is CC1CC1n1c(=S)[nH]c2cc(Cl)c(F)cc21. The van der Waals surface area contributed by atoms with E-state index < -0.39 is 5.82 Å². The van der Waals surface area contributed by atoms with Crippen LogP contribution in [0.2, 0.25) is 5.02 Å². The number of aromatic nitrogens is 2. The summed E-state index contributed by atoms with van der Waals surface area (Å²) in [6.45, 7) is 2.16. The fourth-order valence-electron chi connectivity index (χ4n) is 2.11. The van der Waals surface area contributed by atoms with Gasteiger partial charge in [-0.2, -0.15) is 0 Å². The fourth-order valence-corrected chi connectivity index (χ4v) is 2.62. The molecule has 3 rings (SSSR count). The summed E-state index contributed by atoms with van der Waals surface area (Å²) < 4.78 is 16.1. The molecule has 1 N–H and O–H groups in total. The van der Waals surface area contributed by atoms with Crippen LogP contribution in [0, 0.1) is 16.5 Å². The lowest BCUT2D eigenvalue weighted by Crippen LogP contribution is -1.95. The highest BCUT2D eigenvalue weighted by molar-refractivity contribution is 7.71. The third kappa shape index (κ3) is 1.40. The van der Waals surface area contributed by atoms with Crippen LogP contribution in [0.4, 0.5) is 4.39 Å². The first kappa shape index (κ1) is 10.3. The second-order valence-corrected chi connectivity index (χ2v) is 5.16. The predicted molar refractivity (Wildman–Crippen MR) is 64.9 cm³/mol. The molecule has 2 atom stereocenters. The Balaban J connectivity index is 2.31. The number of fused-ring (bicyclic) bond motifs is 1. The molecule has 1 aromatic heterocycles. The van der Waals surface area contributed by atoms with Crippen molar-refractivity contribution in [3.8, 4) is 0 Å². The lowest BCUT2D eigenvalue weighted by molar-refractivity contribution is 0.627. The van der Waals surface area contributed by atoms with E-state index in [1.54, 1.807) is 6.07 Å². The van der Waals surface area contributed by atoms with Gasteiger partial charge in [0.1, 0.15) is 5.82 Å². The molecule has 0 bridgehead atoms. The zero-order chi connectivity index (χ0) is 11.4. The summed E-state index contributed by atoms with van der Waals surface area (Å²) in [6, 6.07) is 3.45. The maximum Gasteiger partial charge on any atom is 0.178 e. The van der Waals surface area contributed by atoms with E-state index in [0.717, 1.165) is 17.5 Å². The quantitative estimate of drug-likeness (QED) is 0.763. The van der Waals surface area contributed by atoms with Crippen molar-refractivity contribution in [2.45, 2.75) is 19.4 Å². The van der Waals surface area contributed by atoms with Gasteiger partial charge in [-0.1, -0.05) is 18.5 Å². The molecule has 2 nitrogen and oxygen atoms in total. The Morgan fingerprint density at radius 1 is 1.56 bits per heavy atom. The molecule has 1 aliphatic rings. The number of nitrogens with zero attached hydrogens (tertiary/aromatic N) is 1. The van der Waals surface area contributed by atoms with E-state index in [1.807, 2.05) is 4.57 Å². The van der Waals surface area contributed by atoms with Gasteiger partial charge in [-0.3, -0.25) is 0 Å². The van der Waals surface area contributed by atoms with Crippen molar-refractivity contribution in [1.82, 2.24) is 9.55 Å².